The zero-order chi connectivity index (χ0) is 15.7. The summed E-state index contributed by atoms with van der Waals surface area (Å²) in [5.74, 6) is -0.404. The second-order valence-electron chi connectivity index (χ2n) is 4.74. The topological polar surface area (TPSA) is 93.1 Å². The molecule has 0 aliphatic rings. The minimum Gasteiger partial charge on any atom is -0.287 e. The molecule has 2 aromatic heterocycles. The van der Waals surface area contributed by atoms with E-state index in [9.17, 15) is 14.4 Å². The molecule has 8 heteroatoms. The average molecular weight is 308 g/mol. The van der Waals surface area contributed by atoms with Crippen molar-refractivity contribution in [1.29, 1.82) is 0 Å². The molecule has 2 amide bonds. The van der Waals surface area contributed by atoms with Crippen LogP contribution in [0.5, 0.6) is 0 Å². The van der Waals surface area contributed by atoms with E-state index in [2.05, 4.69) is 15.8 Å². The maximum atomic E-state index is 12.5. The van der Waals surface area contributed by atoms with Crippen LogP contribution in [-0.4, -0.2) is 21.4 Å². The highest BCUT2D eigenvalue weighted by Crippen LogP contribution is 2.26. The maximum Gasteiger partial charge on any atom is 0.263 e. The summed E-state index contributed by atoms with van der Waals surface area (Å²) < 4.78 is 1.30. The molecule has 0 aliphatic heterocycles. The van der Waals surface area contributed by atoms with E-state index in [0.717, 1.165) is 10.4 Å². The van der Waals surface area contributed by atoms with E-state index in [-0.39, 0.29) is 18.0 Å². The standard InChI is InChI=1S/C13H16N4O3S/c1-6-7(2)21-12-11(6)13(20)17(8(3)14-12)5-10(19)16-15-9(4)18/h5H2,1-4H3,(H,15,18)(H,16,19). The largest absolute Gasteiger partial charge is 0.287 e. The number of carbonyl (C=O) groups is 2. The number of nitrogens with one attached hydrogen (secondary N) is 2. The van der Waals surface area contributed by atoms with Crippen molar-refractivity contribution in [3.05, 3.63) is 26.6 Å². The number of hydrogen-bond acceptors (Lipinski definition) is 5. The fourth-order valence-electron chi connectivity index (χ4n) is 1.96. The lowest BCUT2D eigenvalue weighted by Crippen LogP contribution is -2.43. The fourth-order valence-corrected chi connectivity index (χ4v) is 3.02. The molecule has 0 atom stereocenters. The van der Waals surface area contributed by atoms with Gasteiger partial charge in [-0.1, -0.05) is 0 Å². The Kier molecular flexibility index (Phi) is 4.08. The van der Waals surface area contributed by atoms with Crippen molar-refractivity contribution >= 4 is 33.4 Å². The van der Waals surface area contributed by atoms with Gasteiger partial charge in [0.25, 0.3) is 11.5 Å². The summed E-state index contributed by atoms with van der Waals surface area (Å²) in [5, 5.41) is 0.551. The minimum atomic E-state index is -0.485. The second kappa shape index (κ2) is 5.65. The fraction of sp³-hybridized carbons (Fsp3) is 0.385. The lowest BCUT2D eigenvalue weighted by atomic mass is 10.2. The lowest BCUT2D eigenvalue weighted by molar-refractivity contribution is -0.128. The van der Waals surface area contributed by atoms with Crippen LogP contribution in [0.2, 0.25) is 0 Å². The molecule has 0 aromatic carbocycles. The molecule has 0 bridgehead atoms. The third-order valence-electron chi connectivity index (χ3n) is 3.16. The maximum absolute atomic E-state index is 12.5. The van der Waals surface area contributed by atoms with Gasteiger partial charge in [-0.15, -0.1) is 11.3 Å². The molecule has 0 radical (unpaired) electrons. The highest BCUT2D eigenvalue weighted by atomic mass is 32.1. The Labute approximate surface area is 125 Å². The van der Waals surface area contributed by atoms with E-state index in [1.54, 1.807) is 6.92 Å². The molecule has 0 saturated carbocycles. The first kappa shape index (κ1) is 15.2. The van der Waals surface area contributed by atoms with E-state index in [4.69, 9.17) is 0 Å². The molecule has 2 aromatic rings. The van der Waals surface area contributed by atoms with Crippen LogP contribution in [0.15, 0.2) is 4.79 Å². The van der Waals surface area contributed by atoms with Crippen molar-refractivity contribution < 1.29 is 9.59 Å². The molecule has 21 heavy (non-hydrogen) atoms. The number of carbonyl (C=O) groups excluding carboxylic acids is 2. The SMILES string of the molecule is CC(=O)NNC(=O)Cn1c(C)nc2sc(C)c(C)c2c1=O. The number of fused-ring (bicyclic) bond motifs is 1. The molecule has 2 rings (SSSR count). The van der Waals surface area contributed by atoms with Crippen molar-refractivity contribution in [3.63, 3.8) is 0 Å². The van der Waals surface area contributed by atoms with E-state index in [1.807, 2.05) is 13.8 Å². The molecule has 7 nitrogen and oxygen atoms in total. The number of aryl methyl sites for hydroxylation is 3. The predicted molar refractivity (Wildman–Crippen MR) is 80.1 cm³/mol. The summed E-state index contributed by atoms with van der Waals surface area (Å²) >= 11 is 1.47. The smallest absolute Gasteiger partial charge is 0.263 e. The molecule has 0 saturated heterocycles. The van der Waals surface area contributed by atoms with Crippen LogP contribution in [-0.2, 0) is 16.1 Å². The van der Waals surface area contributed by atoms with Crippen molar-refractivity contribution in [2.45, 2.75) is 34.2 Å². The Morgan fingerprint density at radius 2 is 1.90 bits per heavy atom. The second-order valence-corrected chi connectivity index (χ2v) is 5.95. The van der Waals surface area contributed by atoms with Gasteiger partial charge in [0, 0.05) is 11.8 Å². The van der Waals surface area contributed by atoms with Gasteiger partial charge in [-0.25, -0.2) is 4.98 Å². The van der Waals surface area contributed by atoms with Crippen LogP contribution < -0.4 is 16.4 Å². The quantitative estimate of drug-likeness (QED) is 0.792. The van der Waals surface area contributed by atoms with Crippen molar-refractivity contribution in [3.8, 4) is 0 Å². The molecular weight excluding hydrogens is 292 g/mol. The van der Waals surface area contributed by atoms with E-state index >= 15 is 0 Å². The molecule has 0 fully saturated rings. The van der Waals surface area contributed by atoms with Crippen molar-refractivity contribution in [2.75, 3.05) is 0 Å². The highest BCUT2D eigenvalue weighted by Gasteiger charge is 2.16. The third kappa shape index (κ3) is 2.94. The van der Waals surface area contributed by atoms with Crippen LogP contribution in [0.4, 0.5) is 0 Å². The van der Waals surface area contributed by atoms with E-state index in [0.29, 0.717) is 16.0 Å². The summed E-state index contributed by atoms with van der Waals surface area (Å²) in [7, 11) is 0. The Balaban J connectivity index is 2.40. The number of rotatable bonds is 2. The lowest BCUT2D eigenvalue weighted by Gasteiger charge is -2.10. The van der Waals surface area contributed by atoms with Crippen molar-refractivity contribution in [1.82, 2.24) is 20.4 Å². The summed E-state index contributed by atoms with van der Waals surface area (Å²) in [6, 6.07) is 0. The molecular formula is C13H16N4O3S. The van der Waals surface area contributed by atoms with Gasteiger partial charge in [0.15, 0.2) is 0 Å². The predicted octanol–water partition coefficient (Wildman–Crippen LogP) is 0.551. The number of thiophene rings is 1. The number of nitrogens with zero attached hydrogens (tertiary/aromatic N) is 2. The monoisotopic (exact) mass is 308 g/mol. The zero-order valence-electron chi connectivity index (χ0n) is 12.2. The first-order valence-corrected chi connectivity index (χ1v) is 7.15. The number of hydrazine groups is 1. The van der Waals surface area contributed by atoms with Gasteiger partial charge in [-0.2, -0.15) is 0 Å². The number of amides is 2. The summed E-state index contributed by atoms with van der Waals surface area (Å²) in [4.78, 5) is 41.1. The Hall–Kier alpha value is -2.22. The van der Waals surface area contributed by atoms with E-state index in [1.165, 1.54) is 22.8 Å². The highest BCUT2D eigenvalue weighted by molar-refractivity contribution is 7.18. The summed E-state index contributed by atoms with van der Waals surface area (Å²) in [6.07, 6.45) is 0. The molecule has 0 unspecified atom stereocenters. The molecule has 0 spiro atoms. The molecule has 2 N–H and O–H groups in total. The summed E-state index contributed by atoms with van der Waals surface area (Å²) in [5.41, 5.74) is 5.07. The molecule has 2 heterocycles. The van der Waals surface area contributed by atoms with Crippen LogP contribution in [0, 0.1) is 20.8 Å². The van der Waals surface area contributed by atoms with Crippen LogP contribution >= 0.6 is 11.3 Å². The van der Waals surface area contributed by atoms with Gasteiger partial charge in [0.1, 0.15) is 17.2 Å². The normalized spacial score (nSPS) is 10.7. The van der Waals surface area contributed by atoms with Gasteiger partial charge in [0.05, 0.1) is 5.39 Å². The van der Waals surface area contributed by atoms with Crippen molar-refractivity contribution in [2.24, 2.45) is 0 Å². The van der Waals surface area contributed by atoms with Gasteiger partial charge in [0.2, 0.25) is 5.91 Å². The van der Waals surface area contributed by atoms with Crippen LogP contribution in [0.1, 0.15) is 23.2 Å². The molecule has 112 valence electrons. The third-order valence-corrected chi connectivity index (χ3v) is 4.26. The zero-order valence-corrected chi connectivity index (χ0v) is 13.1. The first-order valence-electron chi connectivity index (χ1n) is 6.33. The van der Waals surface area contributed by atoms with Crippen LogP contribution in [0.3, 0.4) is 0 Å². The van der Waals surface area contributed by atoms with Gasteiger partial charge in [-0.3, -0.25) is 29.8 Å². The van der Waals surface area contributed by atoms with Gasteiger partial charge >= 0.3 is 0 Å². The number of hydrogen-bond donors (Lipinski definition) is 2. The Morgan fingerprint density at radius 1 is 1.24 bits per heavy atom. The summed E-state index contributed by atoms with van der Waals surface area (Å²) in [6.45, 7) is 6.57. The average Bonchev–Trinajstić information content (AvgIpc) is 2.67. The van der Waals surface area contributed by atoms with Crippen LogP contribution in [0.25, 0.3) is 10.2 Å². The minimum absolute atomic E-state index is 0.192. The molecule has 0 aliphatic carbocycles. The van der Waals surface area contributed by atoms with Gasteiger partial charge < -0.3 is 0 Å². The Morgan fingerprint density at radius 3 is 2.52 bits per heavy atom. The number of aromatic nitrogens is 2. The van der Waals surface area contributed by atoms with Gasteiger partial charge in [-0.05, 0) is 26.3 Å². The van der Waals surface area contributed by atoms with E-state index < -0.39 is 5.91 Å². The first-order chi connectivity index (χ1) is 9.81. The Bertz CT molecular complexity index is 791.